The number of hydrogen-bond donors (Lipinski definition) is 2. The Bertz CT molecular complexity index is 1150. The maximum Gasteiger partial charge on any atom is 0.305 e. The lowest BCUT2D eigenvalue weighted by Gasteiger charge is -2.32. The van der Waals surface area contributed by atoms with Crippen LogP contribution in [0.15, 0.2) is 40.9 Å². The zero-order valence-corrected chi connectivity index (χ0v) is 18.3. The number of carboxylic acids is 1. The van der Waals surface area contributed by atoms with Crippen LogP contribution in [-0.4, -0.2) is 41.7 Å². The fourth-order valence-electron chi connectivity index (χ4n) is 3.97. The maximum atomic E-state index is 13.4. The molecule has 0 saturated heterocycles. The summed E-state index contributed by atoms with van der Waals surface area (Å²) in [6.07, 6.45) is -0.0358. The SMILES string of the molecule is CC1(C)c2ccc(OCCOCCC(=O)O)cc2C(=O)c2c1[nH]c1cc(Br)ccc21. The van der Waals surface area contributed by atoms with Crippen molar-refractivity contribution in [1.29, 1.82) is 0 Å². The van der Waals surface area contributed by atoms with Crippen molar-refractivity contribution in [3.05, 3.63) is 63.3 Å². The number of aliphatic carboxylic acids is 1. The van der Waals surface area contributed by atoms with E-state index in [1.54, 1.807) is 6.07 Å². The molecule has 2 N–H and O–H groups in total. The van der Waals surface area contributed by atoms with Crippen molar-refractivity contribution in [2.45, 2.75) is 25.7 Å². The highest BCUT2D eigenvalue weighted by Crippen LogP contribution is 2.44. The first-order chi connectivity index (χ1) is 14.3. The van der Waals surface area contributed by atoms with Crippen LogP contribution in [0.2, 0.25) is 0 Å². The molecular formula is C23H22BrNO5. The van der Waals surface area contributed by atoms with Gasteiger partial charge in [0.1, 0.15) is 12.4 Å². The van der Waals surface area contributed by atoms with E-state index in [9.17, 15) is 9.59 Å². The topological polar surface area (TPSA) is 88.6 Å². The van der Waals surface area contributed by atoms with Gasteiger partial charge in [-0.2, -0.15) is 0 Å². The number of carbonyl (C=O) groups excluding carboxylic acids is 1. The fourth-order valence-corrected chi connectivity index (χ4v) is 4.33. The molecular weight excluding hydrogens is 450 g/mol. The van der Waals surface area contributed by atoms with Gasteiger partial charge in [-0.05, 0) is 29.8 Å². The summed E-state index contributed by atoms with van der Waals surface area (Å²) in [5.74, 6) is -0.322. The van der Waals surface area contributed by atoms with E-state index in [-0.39, 0.29) is 37.4 Å². The molecule has 1 aromatic heterocycles. The predicted octanol–water partition coefficient (Wildman–Crippen LogP) is 4.67. The third-order valence-electron chi connectivity index (χ3n) is 5.48. The number of nitrogens with one attached hydrogen (secondary N) is 1. The fraction of sp³-hybridized carbons (Fsp3) is 0.304. The average Bonchev–Trinajstić information content (AvgIpc) is 3.08. The van der Waals surface area contributed by atoms with Gasteiger partial charge in [0.25, 0.3) is 0 Å². The molecule has 30 heavy (non-hydrogen) atoms. The Morgan fingerprint density at radius 1 is 1.13 bits per heavy atom. The van der Waals surface area contributed by atoms with Crippen LogP contribution in [0.4, 0.5) is 0 Å². The summed E-state index contributed by atoms with van der Waals surface area (Å²) in [5, 5.41) is 9.53. The number of hydrogen-bond acceptors (Lipinski definition) is 4. The first-order valence-corrected chi connectivity index (χ1v) is 10.5. The van der Waals surface area contributed by atoms with Crippen molar-refractivity contribution in [3.8, 4) is 5.75 Å². The molecule has 0 amide bonds. The molecule has 0 atom stereocenters. The molecule has 0 spiro atoms. The molecule has 6 nitrogen and oxygen atoms in total. The maximum absolute atomic E-state index is 13.4. The van der Waals surface area contributed by atoms with Crippen LogP contribution in [0.5, 0.6) is 5.75 Å². The molecule has 0 aliphatic heterocycles. The minimum absolute atomic E-state index is 0.0175. The molecule has 1 heterocycles. The third kappa shape index (κ3) is 3.63. The van der Waals surface area contributed by atoms with E-state index in [4.69, 9.17) is 14.6 Å². The summed E-state index contributed by atoms with van der Waals surface area (Å²) in [7, 11) is 0. The van der Waals surface area contributed by atoms with Crippen LogP contribution < -0.4 is 4.74 Å². The highest BCUT2D eigenvalue weighted by atomic mass is 79.9. The Morgan fingerprint density at radius 3 is 2.70 bits per heavy atom. The Hall–Kier alpha value is -2.64. The lowest BCUT2D eigenvalue weighted by Crippen LogP contribution is -2.30. The Balaban J connectivity index is 1.59. The summed E-state index contributed by atoms with van der Waals surface area (Å²) in [6, 6.07) is 11.5. The molecule has 1 aliphatic carbocycles. The van der Waals surface area contributed by atoms with E-state index in [0.29, 0.717) is 16.9 Å². The summed E-state index contributed by atoms with van der Waals surface area (Å²) in [6.45, 7) is 4.93. The van der Waals surface area contributed by atoms with Crippen molar-refractivity contribution in [2.75, 3.05) is 19.8 Å². The van der Waals surface area contributed by atoms with Gasteiger partial charge in [-0.25, -0.2) is 0 Å². The number of aromatic amines is 1. The number of ketones is 1. The summed E-state index contributed by atoms with van der Waals surface area (Å²) in [4.78, 5) is 27.4. The number of benzene rings is 2. The second kappa shape index (κ2) is 7.89. The van der Waals surface area contributed by atoms with E-state index in [2.05, 4.69) is 34.8 Å². The van der Waals surface area contributed by atoms with E-state index in [0.717, 1.165) is 26.6 Å². The molecule has 0 unspecified atom stereocenters. The zero-order valence-electron chi connectivity index (χ0n) is 16.8. The lowest BCUT2D eigenvalue weighted by molar-refractivity contribution is -0.138. The molecule has 0 fully saturated rings. The normalized spacial score (nSPS) is 14.4. The third-order valence-corrected chi connectivity index (χ3v) is 5.97. The molecule has 0 saturated carbocycles. The molecule has 0 bridgehead atoms. The highest BCUT2D eigenvalue weighted by molar-refractivity contribution is 9.10. The van der Waals surface area contributed by atoms with Crippen molar-refractivity contribution < 1.29 is 24.2 Å². The molecule has 7 heteroatoms. The first-order valence-electron chi connectivity index (χ1n) is 9.72. The Morgan fingerprint density at radius 2 is 1.93 bits per heavy atom. The van der Waals surface area contributed by atoms with Gasteiger partial charge in [-0.3, -0.25) is 9.59 Å². The van der Waals surface area contributed by atoms with Gasteiger partial charge in [-0.1, -0.05) is 41.9 Å². The Kier molecular flexibility index (Phi) is 5.42. The van der Waals surface area contributed by atoms with E-state index in [1.165, 1.54) is 0 Å². The van der Waals surface area contributed by atoms with Gasteiger partial charge < -0.3 is 19.6 Å². The summed E-state index contributed by atoms with van der Waals surface area (Å²) in [5.41, 5.74) is 3.80. The summed E-state index contributed by atoms with van der Waals surface area (Å²) >= 11 is 3.49. The number of halogens is 1. The quantitative estimate of drug-likeness (QED) is 0.488. The minimum Gasteiger partial charge on any atom is -0.491 e. The second-order valence-electron chi connectivity index (χ2n) is 7.83. The average molecular weight is 472 g/mol. The molecule has 0 radical (unpaired) electrons. The van der Waals surface area contributed by atoms with Crippen molar-refractivity contribution >= 4 is 38.6 Å². The Labute approximate surface area is 182 Å². The van der Waals surface area contributed by atoms with E-state index < -0.39 is 5.97 Å². The number of fused-ring (bicyclic) bond motifs is 4. The number of ether oxygens (including phenoxy) is 2. The molecule has 3 aromatic rings. The van der Waals surface area contributed by atoms with Crippen molar-refractivity contribution in [1.82, 2.24) is 4.98 Å². The standard InChI is InChI=1S/C23H22BrNO5/c1-23(2)17-6-4-14(30-10-9-29-8-7-19(26)27)12-16(17)21(28)20-15-5-3-13(24)11-18(15)25-22(20)23/h3-6,11-12,25H,7-10H2,1-2H3,(H,26,27). The monoisotopic (exact) mass is 471 g/mol. The lowest BCUT2D eigenvalue weighted by atomic mass is 9.71. The van der Waals surface area contributed by atoms with E-state index in [1.807, 2.05) is 30.3 Å². The van der Waals surface area contributed by atoms with Gasteiger partial charge in [-0.15, -0.1) is 0 Å². The van der Waals surface area contributed by atoms with Gasteiger partial charge in [0.2, 0.25) is 0 Å². The molecule has 2 aromatic carbocycles. The second-order valence-corrected chi connectivity index (χ2v) is 8.75. The van der Waals surface area contributed by atoms with Crippen molar-refractivity contribution in [2.24, 2.45) is 0 Å². The minimum atomic E-state index is -0.893. The molecule has 1 aliphatic rings. The summed E-state index contributed by atoms with van der Waals surface area (Å²) < 4.78 is 11.9. The van der Waals surface area contributed by atoms with Crippen LogP contribution in [0.25, 0.3) is 10.9 Å². The van der Waals surface area contributed by atoms with Gasteiger partial charge in [0, 0.05) is 32.0 Å². The van der Waals surface area contributed by atoms with Crippen LogP contribution in [-0.2, 0) is 14.9 Å². The van der Waals surface area contributed by atoms with Crippen LogP contribution >= 0.6 is 15.9 Å². The number of aromatic nitrogens is 1. The number of carboxylic acid groups (broad SMARTS) is 1. The highest BCUT2D eigenvalue weighted by Gasteiger charge is 2.39. The number of rotatable bonds is 7. The van der Waals surface area contributed by atoms with Gasteiger partial charge in [0.15, 0.2) is 5.78 Å². The van der Waals surface area contributed by atoms with Gasteiger partial charge in [0.05, 0.1) is 25.2 Å². The number of H-pyrrole nitrogens is 1. The van der Waals surface area contributed by atoms with Crippen LogP contribution in [0.1, 0.15) is 47.4 Å². The largest absolute Gasteiger partial charge is 0.491 e. The number of carbonyl (C=O) groups is 2. The predicted molar refractivity (Wildman–Crippen MR) is 117 cm³/mol. The van der Waals surface area contributed by atoms with Crippen LogP contribution in [0, 0.1) is 0 Å². The van der Waals surface area contributed by atoms with E-state index >= 15 is 0 Å². The zero-order chi connectivity index (χ0) is 21.5. The van der Waals surface area contributed by atoms with Crippen molar-refractivity contribution in [3.63, 3.8) is 0 Å². The molecule has 156 valence electrons. The van der Waals surface area contributed by atoms with Crippen LogP contribution in [0.3, 0.4) is 0 Å². The van der Waals surface area contributed by atoms with Gasteiger partial charge >= 0.3 is 5.97 Å². The molecule has 4 rings (SSSR count). The first kappa shape index (κ1) is 20.6. The smallest absolute Gasteiger partial charge is 0.305 e.